The second-order valence-electron chi connectivity index (χ2n) is 4.03. The molecular formula is C13H28N2O3. The van der Waals surface area contributed by atoms with Crippen LogP contribution in [0.2, 0.25) is 0 Å². The van der Waals surface area contributed by atoms with E-state index in [1.54, 1.807) is 0 Å². The number of carbonyl (C=O) groups excluding carboxylic acids is 1. The van der Waals surface area contributed by atoms with Gasteiger partial charge >= 0.3 is 0 Å². The Morgan fingerprint density at radius 3 is 2.22 bits per heavy atom. The van der Waals surface area contributed by atoms with Gasteiger partial charge < -0.3 is 20.1 Å². The Labute approximate surface area is 111 Å². The normalized spacial score (nSPS) is 10.6. The van der Waals surface area contributed by atoms with Gasteiger partial charge in [0.15, 0.2) is 0 Å². The molecule has 0 rings (SSSR count). The van der Waals surface area contributed by atoms with Crippen molar-refractivity contribution in [2.75, 3.05) is 46.1 Å². The number of nitrogens with one attached hydrogen (secondary N) is 2. The summed E-state index contributed by atoms with van der Waals surface area (Å²) in [6.45, 7) is 9.00. The number of carbonyl (C=O) groups is 1. The molecule has 0 fully saturated rings. The van der Waals surface area contributed by atoms with Gasteiger partial charge in [0.05, 0.1) is 26.4 Å². The maximum atomic E-state index is 10.9. The molecule has 0 spiro atoms. The van der Waals surface area contributed by atoms with Crippen molar-refractivity contribution in [3.05, 3.63) is 0 Å². The van der Waals surface area contributed by atoms with Crippen molar-refractivity contribution in [1.29, 1.82) is 0 Å². The molecule has 0 saturated heterocycles. The van der Waals surface area contributed by atoms with Crippen LogP contribution >= 0.6 is 0 Å². The lowest BCUT2D eigenvalue weighted by atomic mass is 10.3. The van der Waals surface area contributed by atoms with Gasteiger partial charge in [-0.3, -0.25) is 4.79 Å². The number of amides is 1. The maximum absolute atomic E-state index is 10.9. The van der Waals surface area contributed by atoms with Gasteiger partial charge in [0.1, 0.15) is 0 Å². The van der Waals surface area contributed by atoms with E-state index in [9.17, 15) is 4.79 Å². The molecule has 18 heavy (non-hydrogen) atoms. The molecule has 0 aliphatic rings. The fraction of sp³-hybridized carbons (Fsp3) is 0.923. The number of ether oxygens (including phenoxy) is 2. The molecular weight excluding hydrogens is 232 g/mol. The molecule has 0 aliphatic carbocycles. The second kappa shape index (κ2) is 14.4. The van der Waals surface area contributed by atoms with Crippen molar-refractivity contribution in [2.24, 2.45) is 0 Å². The molecule has 0 aromatic rings. The third kappa shape index (κ3) is 13.4. The van der Waals surface area contributed by atoms with Crippen LogP contribution < -0.4 is 10.6 Å². The van der Waals surface area contributed by atoms with E-state index < -0.39 is 0 Å². The first-order valence-electron chi connectivity index (χ1n) is 6.94. The maximum Gasteiger partial charge on any atom is 0.219 e. The highest BCUT2D eigenvalue weighted by atomic mass is 16.5. The zero-order valence-electron chi connectivity index (χ0n) is 11.8. The van der Waals surface area contributed by atoms with Crippen LogP contribution in [-0.2, 0) is 14.3 Å². The van der Waals surface area contributed by atoms with E-state index in [4.69, 9.17) is 9.47 Å². The topological polar surface area (TPSA) is 59.6 Å². The van der Waals surface area contributed by atoms with E-state index in [-0.39, 0.29) is 5.91 Å². The molecule has 0 radical (unpaired) electrons. The standard InChI is InChI=1S/C13H28N2O3/c1-3-5-6-14-7-9-17-11-12-18-10-8-15-13(16)4-2/h14H,3-12H2,1-2H3,(H,15,16). The van der Waals surface area contributed by atoms with E-state index in [2.05, 4.69) is 17.6 Å². The molecule has 108 valence electrons. The smallest absolute Gasteiger partial charge is 0.219 e. The first-order valence-corrected chi connectivity index (χ1v) is 6.94. The monoisotopic (exact) mass is 260 g/mol. The summed E-state index contributed by atoms with van der Waals surface area (Å²) < 4.78 is 10.7. The second-order valence-corrected chi connectivity index (χ2v) is 4.03. The Kier molecular flexibility index (Phi) is 13.9. The van der Waals surface area contributed by atoms with Crippen molar-refractivity contribution in [3.63, 3.8) is 0 Å². The van der Waals surface area contributed by atoms with Gasteiger partial charge in [-0.15, -0.1) is 0 Å². The summed E-state index contributed by atoms with van der Waals surface area (Å²) in [4.78, 5) is 10.9. The van der Waals surface area contributed by atoms with Gasteiger partial charge in [-0.1, -0.05) is 20.3 Å². The lowest BCUT2D eigenvalue weighted by molar-refractivity contribution is -0.121. The van der Waals surface area contributed by atoms with Crippen molar-refractivity contribution in [1.82, 2.24) is 10.6 Å². The summed E-state index contributed by atoms with van der Waals surface area (Å²) in [6, 6.07) is 0. The minimum Gasteiger partial charge on any atom is -0.378 e. The molecule has 1 amide bonds. The molecule has 0 aromatic heterocycles. The highest BCUT2D eigenvalue weighted by Crippen LogP contribution is 1.82. The van der Waals surface area contributed by atoms with Crippen LogP contribution in [-0.4, -0.2) is 52.0 Å². The summed E-state index contributed by atoms with van der Waals surface area (Å²) in [5, 5.41) is 6.05. The Bertz CT molecular complexity index is 189. The predicted molar refractivity (Wildman–Crippen MR) is 72.7 cm³/mol. The summed E-state index contributed by atoms with van der Waals surface area (Å²) in [6.07, 6.45) is 2.96. The average Bonchev–Trinajstić information content (AvgIpc) is 2.39. The van der Waals surface area contributed by atoms with E-state index in [1.807, 2.05) is 6.92 Å². The molecule has 0 aliphatic heterocycles. The van der Waals surface area contributed by atoms with Crippen LogP contribution in [0.15, 0.2) is 0 Å². The fourth-order valence-corrected chi connectivity index (χ4v) is 1.28. The molecule has 0 heterocycles. The van der Waals surface area contributed by atoms with Crippen LogP contribution in [0.25, 0.3) is 0 Å². The average molecular weight is 260 g/mol. The van der Waals surface area contributed by atoms with Crippen LogP contribution in [0.3, 0.4) is 0 Å². The van der Waals surface area contributed by atoms with Gasteiger partial charge in [0.2, 0.25) is 5.91 Å². The van der Waals surface area contributed by atoms with E-state index in [1.165, 1.54) is 12.8 Å². The molecule has 0 saturated carbocycles. The molecule has 0 atom stereocenters. The highest BCUT2D eigenvalue weighted by Gasteiger charge is 1.95. The Morgan fingerprint density at radius 2 is 1.61 bits per heavy atom. The van der Waals surface area contributed by atoms with Gasteiger partial charge in [-0.2, -0.15) is 0 Å². The van der Waals surface area contributed by atoms with Crippen LogP contribution in [0.5, 0.6) is 0 Å². The number of unbranched alkanes of at least 4 members (excludes halogenated alkanes) is 1. The first-order chi connectivity index (χ1) is 8.81. The van der Waals surface area contributed by atoms with Gasteiger partial charge in [-0.25, -0.2) is 0 Å². The summed E-state index contributed by atoms with van der Waals surface area (Å²) >= 11 is 0. The SMILES string of the molecule is CCCCNCCOCCOCCNC(=O)CC. The largest absolute Gasteiger partial charge is 0.378 e. The number of rotatable bonds is 13. The molecule has 5 nitrogen and oxygen atoms in total. The fourth-order valence-electron chi connectivity index (χ4n) is 1.28. The zero-order valence-corrected chi connectivity index (χ0v) is 11.8. The van der Waals surface area contributed by atoms with Crippen molar-refractivity contribution in [3.8, 4) is 0 Å². The van der Waals surface area contributed by atoms with Crippen molar-refractivity contribution >= 4 is 5.91 Å². The lowest BCUT2D eigenvalue weighted by Crippen LogP contribution is -2.27. The van der Waals surface area contributed by atoms with Crippen molar-refractivity contribution < 1.29 is 14.3 Å². The zero-order chi connectivity index (χ0) is 13.5. The molecule has 0 bridgehead atoms. The number of hydrogen-bond donors (Lipinski definition) is 2. The summed E-state index contributed by atoms with van der Waals surface area (Å²) in [5.41, 5.74) is 0. The molecule has 0 unspecified atom stereocenters. The molecule has 2 N–H and O–H groups in total. The third-order valence-corrected chi connectivity index (χ3v) is 2.39. The van der Waals surface area contributed by atoms with Gasteiger partial charge in [-0.05, 0) is 13.0 Å². The Morgan fingerprint density at radius 1 is 0.944 bits per heavy atom. The van der Waals surface area contributed by atoms with Gasteiger partial charge in [0, 0.05) is 19.5 Å². The van der Waals surface area contributed by atoms with Crippen LogP contribution in [0, 0.1) is 0 Å². The third-order valence-electron chi connectivity index (χ3n) is 2.39. The predicted octanol–water partition coefficient (Wildman–Crippen LogP) is 0.935. The lowest BCUT2D eigenvalue weighted by Gasteiger charge is -2.07. The van der Waals surface area contributed by atoms with Gasteiger partial charge in [0.25, 0.3) is 0 Å². The minimum absolute atomic E-state index is 0.0630. The van der Waals surface area contributed by atoms with Crippen LogP contribution in [0.1, 0.15) is 33.1 Å². The molecule has 5 heteroatoms. The van der Waals surface area contributed by atoms with E-state index in [0.29, 0.717) is 32.8 Å². The van der Waals surface area contributed by atoms with E-state index in [0.717, 1.165) is 19.7 Å². The minimum atomic E-state index is 0.0630. The Balaban J connectivity index is 2.97. The van der Waals surface area contributed by atoms with Crippen molar-refractivity contribution in [2.45, 2.75) is 33.1 Å². The first kappa shape index (κ1) is 17.4. The van der Waals surface area contributed by atoms with Crippen LogP contribution in [0.4, 0.5) is 0 Å². The highest BCUT2D eigenvalue weighted by molar-refractivity contribution is 5.75. The number of hydrogen-bond acceptors (Lipinski definition) is 4. The summed E-state index contributed by atoms with van der Waals surface area (Å²) in [5.74, 6) is 0.0630. The van der Waals surface area contributed by atoms with E-state index >= 15 is 0 Å². The molecule has 0 aromatic carbocycles. The summed E-state index contributed by atoms with van der Waals surface area (Å²) in [7, 11) is 0. The quantitative estimate of drug-likeness (QED) is 0.484. The Hall–Kier alpha value is -0.650.